The highest BCUT2D eigenvalue weighted by Gasteiger charge is 2.07. The van der Waals surface area contributed by atoms with E-state index in [0.717, 1.165) is 11.4 Å². The van der Waals surface area contributed by atoms with Crippen LogP contribution in [0.4, 0.5) is 0 Å². The molecule has 0 radical (unpaired) electrons. The Balaban J connectivity index is 0.000001000. The minimum atomic E-state index is -0.0157. The first kappa shape index (κ1) is 10.2. The molecule has 62 valence electrons. The van der Waals surface area contributed by atoms with E-state index in [9.17, 15) is 0 Å². The van der Waals surface area contributed by atoms with Crippen molar-refractivity contribution in [3.8, 4) is 0 Å². The monoisotopic (exact) mass is 174 g/mol. The van der Waals surface area contributed by atoms with Crippen molar-refractivity contribution in [3.63, 3.8) is 0 Å². The highest BCUT2D eigenvalue weighted by atomic mass is 35.5. The van der Waals surface area contributed by atoms with Crippen LogP contribution in [0.15, 0.2) is 18.2 Å². The maximum Gasteiger partial charge on any atom is 0.236 e. The lowest BCUT2D eigenvalue weighted by molar-refractivity contribution is -0.655. The van der Waals surface area contributed by atoms with Crippen molar-refractivity contribution in [3.05, 3.63) is 29.6 Å². The molecule has 0 spiro atoms. The van der Waals surface area contributed by atoms with Crippen LogP contribution in [-0.4, -0.2) is 5.11 Å². The second-order valence-electron chi connectivity index (χ2n) is 2.19. The zero-order chi connectivity index (χ0) is 7.56. The van der Waals surface area contributed by atoms with Crippen LogP contribution in [0.5, 0.6) is 0 Å². The molecule has 1 aromatic rings. The number of pyridine rings is 1. The largest absolute Gasteiger partial charge is 1.00 e. The lowest BCUT2D eigenvalue weighted by Crippen LogP contribution is -3.00. The van der Waals surface area contributed by atoms with E-state index in [1.54, 1.807) is 6.07 Å². The van der Waals surface area contributed by atoms with Crippen molar-refractivity contribution in [2.75, 3.05) is 5.84 Å². The molecule has 0 aromatic carbocycles. The summed E-state index contributed by atoms with van der Waals surface area (Å²) in [7, 11) is 0. The molecule has 1 heterocycles. The molecule has 0 aliphatic heterocycles. The molecule has 0 saturated heterocycles. The van der Waals surface area contributed by atoms with Crippen molar-refractivity contribution in [2.24, 2.45) is 0 Å². The van der Waals surface area contributed by atoms with Gasteiger partial charge in [-0.1, -0.05) is 4.68 Å². The molecule has 0 amide bonds. The topological polar surface area (TPSA) is 50.1 Å². The van der Waals surface area contributed by atoms with Gasteiger partial charge in [0.15, 0.2) is 0 Å². The molecule has 0 saturated carbocycles. The van der Waals surface area contributed by atoms with Crippen LogP contribution in [-0.2, 0) is 6.61 Å². The summed E-state index contributed by atoms with van der Waals surface area (Å²) in [4.78, 5) is 0. The fourth-order valence-corrected chi connectivity index (χ4v) is 0.814. The van der Waals surface area contributed by atoms with Crippen LogP contribution in [0.1, 0.15) is 11.4 Å². The van der Waals surface area contributed by atoms with Crippen molar-refractivity contribution in [2.45, 2.75) is 13.5 Å². The van der Waals surface area contributed by atoms with Crippen LogP contribution >= 0.6 is 0 Å². The molecule has 0 aliphatic rings. The van der Waals surface area contributed by atoms with Gasteiger partial charge >= 0.3 is 0 Å². The van der Waals surface area contributed by atoms with E-state index in [1.165, 1.54) is 4.68 Å². The number of hydrogen-bond donors (Lipinski definition) is 2. The maximum absolute atomic E-state index is 8.74. The van der Waals surface area contributed by atoms with Gasteiger partial charge < -0.3 is 17.5 Å². The average molecular weight is 175 g/mol. The summed E-state index contributed by atoms with van der Waals surface area (Å²) < 4.78 is 1.47. The Hall–Kier alpha value is -0.800. The van der Waals surface area contributed by atoms with E-state index in [-0.39, 0.29) is 19.0 Å². The van der Waals surface area contributed by atoms with Gasteiger partial charge in [-0.3, -0.25) is 0 Å². The number of aryl methyl sites for hydroxylation is 1. The Kier molecular flexibility index (Phi) is 3.85. The van der Waals surface area contributed by atoms with Crippen LogP contribution in [0, 0.1) is 6.92 Å². The van der Waals surface area contributed by atoms with Gasteiger partial charge in [-0.25, -0.2) is 5.84 Å². The number of aliphatic hydroxyl groups is 1. The van der Waals surface area contributed by atoms with Crippen LogP contribution in [0.3, 0.4) is 0 Å². The van der Waals surface area contributed by atoms with Gasteiger partial charge in [-0.2, -0.15) is 0 Å². The number of hydrogen-bond acceptors (Lipinski definition) is 2. The zero-order valence-corrected chi connectivity index (χ0v) is 7.04. The van der Waals surface area contributed by atoms with Gasteiger partial charge in [0, 0.05) is 19.1 Å². The second-order valence-corrected chi connectivity index (χ2v) is 2.19. The first-order chi connectivity index (χ1) is 4.75. The molecule has 1 rings (SSSR count). The lowest BCUT2D eigenvalue weighted by Gasteiger charge is -1.95. The zero-order valence-electron chi connectivity index (χ0n) is 6.29. The summed E-state index contributed by atoms with van der Waals surface area (Å²) in [6.07, 6.45) is 0. The number of nitrogens with two attached hydrogens (primary N) is 1. The molecule has 1 aromatic heterocycles. The van der Waals surface area contributed by atoms with E-state index in [1.807, 2.05) is 19.1 Å². The molecule has 0 fully saturated rings. The molecule has 3 nitrogen and oxygen atoms in total. The molecule has 0 unspecified atom stereocenters. The Morgan fingerprint density at radius 1 is 1.55 bits per heavy atom. The van der Waals surface area contributed by atoms with E-state index in [2.05, 4.69) is 0 Å². The minimum Gasteiger partial charge on any atom is -1.00 e. The summed E-state index contributed by atoms with van der Waals surface area (Å²) in [5, 5.41) is 8.74. The predicted octanol–water partition coefficient (Wildman–Crippen LogP) is -3.51. The Labute approximate surface area is 71.8 Å². The molecule has 0 atom stereocenters. The number of halogens is 1. The minimum absolute atomic E-state index is 0. The van der Waals surface area contributed by atoms with Gasteiger partial charge in [0.05, 0.1) is 0 Å². The number of rotatable bonds is 1. The van der Waals surface area contributed by atoms with E-state index in [4.69, 9.17) is 10.9 Å². The van der Waals surface area contributed by atoms with Gasteiger partial charge in [-0.15, -0.1) is 0 Å². The second kappa shape index (κ2) is 4.16. The fourth-order valence-electron chi connectivity index (χ4n) is 0.814. The lowest BCUT2D eigenvalue weighted by atomic mass is 10.3. The van der Waals surface area contributed by atoms with Crippen molar-refractivity contribution < 1.29 is 22.2 Å². The Bertz CT molecular complexity index is 240. The van der Waals surface area contributed by atoms with Gasteiger partial charge in [0.1, 0.15) is 6.61 Å². The highest BCUT2D eigenvalue weighted by Crippen LogP contribution is 1.92. The fraction of sp³-hybridized carbons (Fsp3) is 0.286. The van der Waals surface area contributed by atoms with Gasteiger partial charge in [0.25, 0.3) is 0 Å². The molecule has 0 bridgehead atoms. The molecular formula is C7H11ClN2O. The first-order valence-electron chi connectivity index (χ1n) is 3.12. The van der Waals surface area contributed by atoms with E-state index in [0.29, 0.717) is 0 Å². The van der Waals surface area contributed by atoms with Crippen LogP contribution < -0.4 is 22.9 Å². The predicted molar refractivity (Wildman–Crippen MR) is 37.4 cm³/mol. The average Bonchev–Trinajstić information content (AvgIpc) is 1.95. The Morgan fingerprint density at radius 2 is 2.18 bits per heavy atom. The van der Waals surface area contributed by atoms with Crippen molar-refractivity contribution in [1.82, 2.24) is 0 Å². The summed E-state index contributed by atoms with van der Waals surface area (Å²) >= 11 is 0. The molecule has 0 aliphatic carbocycles. The summed E-state index contributed by atoms with van der Waals surface area (Å²) in [6, 6.07) is 5.54. The van der Waals surface area contributed by atoms with Crippen molar-refractivity contribution >= 4 is 0 Å². The summed E-state index contributed by atoms with van der Waals surface area (Å²) in [5.74, 6) is 5.55. The maximum atomic E-state index is 8.74. The summed E-state index contributed by atoms with van der Waals surface area (Å²) in [5.41, 5.74) is 1.66. The third-order valence-corrected chi connectivity index (χ3v) is 1.48. The number of aliphatic hydroxyl groups excluding tert-OH is 1. The molecule has 11 heavy (non-hydrogen) atoms. The molecule has 3 N–H and O–H groups in total. The smallest absolute Gasteiger partial charge is 0.236 e. The SMILES string of the molecule is Cc1cccc(CO)[n+]1N.[Cl-]. The quantitative estimate of drug-likeness (QED) is 0.343. The third-order valence-electron chi connectivity index (χ3n) is 1.48. The van der Waals surface area contributed by atoms with Crippen LogP contribution in [0.25, 0.3) is 0 Å². The molecule has 4 heteroatoms. The normalized spacial score (nSPS) is 8.91. The Morgan fingerprint density at radius 3 is 2.64 bits per heavy atom. The summed E-state index contributed by atoms with van der Waals surface area (Å²) in [6.45, 7) is 1.87. The van der Waals surface area contributed by atoms with E-state index >= 15 is 0 Å². The van der Waals surface area contributed by atoms with E-state index < -0.39 is 0 Å². The number of aromatic nitrogens is 1. The highest BCUT2D eigenvalue weighted by molar-refractivity contribution is 5.01. The third kappa shape index (κ3) is 2.06. The van der Waals surface area contributed by atoms with Crippen LogP contribution in [0.2, 0.25) is 0 Å². The molecular weight excluding hydrogens is 164 g/mol. The van der Waals surface area contributed by atoms with Gasteiger partial charge in [0.2, 0.25) is 11.4 Å². The first-order valence-corrected chi connectivity index (χ1v) is 3.12. The number of nitrogen functional groups attached to an aromatic ring is 1. The number of nitrogens with zero attached hydrogens (tertiary/aromatic N) is 1. The van der Waals surface area contributed by atoms with Gasteiger partial charge in [-0.05, 0) is 6.07 Å². The standard InChI is InChI=1S/C7H11N2O.ClH/c1-6-3-2-4-7(5-10)9(6)8;/h2-4,10H,5,8H2,1H3;1H/q+1;/p-1. The van der Waals surface area contributed by atoms with Crippen molar-refractivity contribution in [1.29, 1.82) is 0 Å².